The maximum absolute atomic E-state index is 11.2. The predicted molar refractivity (Wildman–Crippen MR) is 70.2 cm³/mol. The zero-order valence-corrected chi connectivity index (χ0v) is 11.3. The van der Waals surface area contributed by atoms with Gasteiger partial charge in [0.2, 0.25) is 0 Å². The van der Waals surface area contributed by atoms with Crippen molar-refractivity contribution in [3.05, 3.63) is 0 Å². The molecule has 4 saturated carbocycles. The molecule has 0 heterocycles. The lowest BCUT2D eigenvalue weighted by atomic mass is 9.56. The molecule has 4 aliphatic carbocycles. The van der Waals surface area contributed by atoms with Crippen molar-refractivity contribution in [2.45, 2.75) is 61.9 Å². The van der Waals surface area contributed by atoms with E-state index in [1.165, 1.54) is 38.5 Å². The first-order chi connectivity index (χ1) is 8.10. The van der Waals surface area contributed by atoms with E-state index in [2.05, 4.69) is 0 Å². The topological polar surface area (TPSA) is 37.3 Å². The number of carbonyl (C=O) groups is 1. The Morgan fingerprint density at radius 3 is 2.06 bits per heavy atom. The van der Waals surface area contributed by atoms with E-state index >= 15 is 0 Å². The maximum Gasteiger partial charge on any atom is 0.316 e. The van der Waals surface area contributed by atoms with E-state index < -0.39 is 5.97 Å². The molecule has 0 aliphatic heterocycles. The minimum atomic E-state index is -0.603. The average Bonchev–Trinajstić information content (AvgIpc) is 2.23. The van der Waals surface area contributed by atoms with E-state index in [4.69, 9.17) is 0 Å². The number of thioether (sulfide) groups is 1. The van der Waals surface area contributed by atoms with Gasteiger partial charge in [-0.1, -0.05) is 6.92 Å². The zero-order chi connectivity index (χ0) is 12.0. The molecule has 0 aromatic rings. The van der Waals surface area contributed by atoms with Gasteiger partial charge < -0.3 is 5.11 Å². The second-order valence-corrected chi connectivity index (χ2v) is 8.12. The lowest BCUT2D eigenvalue weighted by molar-refractivity contribution is -0.136. The summed E-state index contributed by atoms with van der Waals surface area (Å²) in [6.45, 7) is 2.01. The fourth-order valence-corrected chi connectivity index (χ4v) is 6.65. The molecule has 0 amide bonds. The Kier molecular flexibility index (Phi) is 2.92. The predicted octanol–water partition coefficient (Wildman–Crippen LogP) is 3.55. The van der Waals surface area contributed by atoms with Crippen molar-refractivity contribution in [3.8, 4) is 0 Å². The summed E-state index contributed by atoms with van der Waals surface area (Å²) in [6, 6.07) is 0. The molecule has 4 aliphatic rings. The molecule has 17 heavy (non-hydrogen) atoms. The van der Waals surface area contributed by atoms with E-state index in [-0.39, 0.29) is 5.25 Å². The van der Waals surface area contributed by atoms with Gasteiger partial charge in [-0.25, -0.2) is 0 Å². The van der Waals surface area contributed by atoms with Gasteiger partial charge in [0.1, 0.15) is 5.25 Å². The monoisotopic (exact) mass is 254 g/mol. The van der Waals surface area contributed by atoms with Crippen molar-refractivity contribution in [1.29, 1.82) is 0 Å². The third kappa shape index (κ3) is 2.11. The summed E-state index contributed by atoms with van der Waals surface area (Å²) in [7, 11) is 0. The van der Waals surface area contributed by atoms with Crippen molar-refractivity contribution in [3.63, 3.8) is 0 Å². The molecule has 1 unspecified atom stereocenters. The van der Waals surface area contributed by atoms with Crippen LogP contribution < -0.4 is 0 Å². The highest BCUT2D eigenvalue weighted by Gasteiger charge is 2.52. The summed E-state index contributed by atoms with van der Waals surface area (Å²) >= 11 is 1.81. The first-order valence-electron chi connectivity index (χ1n) is 7.01. The van der Waals surface area contributed by atoms with Crippen molar-refractivity contribution < 1.29 is 9.90 Å². The first kappa shape index (κ1) is 11.9. The molecule has 2 nitrogen and oxygen atoms in total. The Morgan fingerprint density at radius 2 is 1.71 bits per heavy atom. The molecule has 0 aromatic carbocycles. The number of carboxylic acid groups (broad SMARTS) is 1. The highest BCUT2D eigenvalue weighted by atomic mass is 32.2. The second kappa shape index (κ2) is 4.18. The quantitative estimate of drug-likeness (QED) is 0.833. The van der Waals surface area contributed by atoms with Crippen molar-refractivity contribution >= 4 is 17.7 Å². The fraction of sp³-hybridized carbons (Fsp3) is 0.929. The van der Waals surface area contributed by atoms with Gasteiger partial charge in [0.25, 0.3) is 0 Å². The van der Waals surface area contributed by atoms with Gasteiger partial charge >= 0.3 is 5.97 Å². The van der Waals surface area contributed by atoms with Crippen LogP contribution in [0.1, 0.15) is 51.9 Å². The number of hydrogen-bond donors (Lipinski definition) is 1. The average molecular weight is 254 g/mol. The van der Waals surface area contributed by atoms with Crippen LogP contribution in [0, 0.1) is 17.8 Å². The minimum absolute atomic E-state index is 0.175. The standard InChI is InChI=1S/C14H22O2S/c1-2-12(13(15)16)17-14-6-9-3-10(7-14)5-11(4-9)8-14/h9-12H,2-8H2,1H3,(H,15,16). The van der Waals surface area contributed by atoms with E-state index in [9.17, 15) is 9.90 Å². The van der Waals surface area contributed by atoms with Crippen molar-refractivity contribution in [2.24, 2.45) is 17.8 Å². The van der Waals surface area contributed by atoms with Crippen LogP contribution >= 0.6 is 11.8 Å². The molecule has 0 aromatic heterocycles. The van der Waals surface area contributed by atoms with Crippen molar-refractivity contribution in [2.75, 3.05) is 0 Å². The van der Waals surface area contributed by atoms with Crippen LogP contribution in [0.5, 0.6) is 0 Å². The first-order valence-corrected chi connectivity index (χ1v) is 7.89. The Bertz CT molecular complexity index is 291. The van der Waals surface area contributed by atoms with Crippen LogP contribution in [-0.4, -0.2) is 21.1 Å². The normalized spacial score (nSPS) is 44.9. The summed E-state index contributed by atoms with van der Waals surface area (Å²) < 4.78 is 0.341. The molecule has 0 saturated heterocycles. The van der Waals surface area contributed by atoms with Gasteiger partial charge in [0, 0.05) is 4.75 Å². The van der Waals surface area contributed by atoms with Crippen LogP contribution in [0.4, 0.5) is 0 Å². The second-order valence-electron chi connectivity index (χ2n) is 6.45. The highest BCUT2D eigenvalue weighted by Crippen LogP contribution is 2.61. The Hall–Kier alpha value is -0.180. The number of hydrogen-bond acceptors (Lipinski definition) is 2. The van der Waals surface area contributed by atoms with Crippen LogP contribution in [0.25, 0.3) is 0 Å². The molecule has 3 heteroatoms. The molecular weight excluding hydrogens is 232 g/mol. The largest absolute Gasteiger partial charge is 0.480 e. The molecule has 1 atom stereocenters. The van der Waals surface area contributed by atoms with E-state index in [1.54, 1.807) is 0 Å². The Labute approximate surface area is 108 Å². The summed E-state index contributed by atoms with van der Waals surface area (Å²) in [4.78, 5) is 11.2. The number of carboxylic acids is 1. The minimum Gasteiger partial charge on any atom is -0.480 e. The van der Waals surface area contributed by atoms with E-state index in [0.29, 0.717) is 4.75 Å². The summed E-state index contributed by atoms with van der Waals surface area (Å²) in [5.74, 6) is 2.15. The van der Waals surface area contributed by atoms with Crippen molar-refractivity contribution in [1.82, 2.24) is 0 Å². The third-order valence-corrected chi connectivity index (χ3v) is 6.84. The number of rotatable bonds is 4. The highest BCUT2D eigenvalue weighted by molar-refractivity contribution is 8.01. The molecule has 1 N–H and O–H groups in total. The van der Waals surface area contributed by atoms with Gasteiger partial charge in [-0.3, -0.25) is 4.79 Å². The molecule has 4 fully saturated rings. The zero-order valence-electron chi connectivity index (χ0n) is 10.5. The van der Waals surface area contributed by atoms with E-state index in [0.717, 1.165) is 24.2 Å². The lowest BCUT2D eigenvalue weighted by Gasteiger charge is -2.57. The van der Waals surface area contributed by atoms with Crippen LogP contribution in [-0.2, 0) is 4.79 Å². The summed E-state index contributed by atoms with van der Waals surface area (Å²) in [6.07, 6.45) is 8.97. The molecular formula is C14H22O2S. The summed E-state index contributed by atoms with van der Waals surface area (Å²) in [5, 5.41) is 9.08. The Balaban J connectivity index is 1.75. The van der Waals surface area contributed by atoms with Gasteiger partial charge in [0.15, 0.2) is 0 Å². The van der Waals surface area contributed by atoms with Crippen LogP contribution in [0.15, 0.2) is 0 Å². The third-order valence-electron chi connectivity index (χ3n) is 5.02. The van der Waals surface area contributed by atoms with Gasteiger partial charge in [-0.2, -0.15) is 0 Å². The molecule has 96 valence electrons. The summed E-state index contributed by atoms with van der Waals surface area (Å²) in [5.41, 5.74) is 0. The fourth-order valence-electron chi connectivity index (χ4n) is 4.79. The van der Waals surface area contributed by atoms with Gasteiger partial charge in [0.05, 0.1) is 0 Å². The molecule has 4 rings (SSSR count). The van der Waals surface area contributed by atoms with Gasteiger partial charge in [-0.05, 0) is 62.7 Å². The molecule has 0 radical (unpaired) electrons. The maximum atomic E-state index is 11.2. The lowest BCUT2D eigenvalue weighted by Crippen LogP contribution is -2.49. The Morgan fingerprint density at radius 1 is 1.24 bits per heavy atom. The van der Waals surface area contributed by atoms with E-state index in [1.807, 2.05) is 18.7 Å². The van der Waals surface area contributed by atoms with Gasteiger partial charge in [-0.15, -0.1) is 11.8 Å². The molecule has 4 bridgehead atoms. The number of aliphatic carboxylic acids is 1. The smallest absolute Gasteiger partial charge is 0.316 e. The molecule has 0 spiro atoms. The SMILES string of the molecule is CCC(SC12CC3CC(CC(C3)C1)C2)C(=O)O. The van der Waals surface area contributed by atoms with Crippen LogP contribution in [0.2, 0.25) is 0 Å². The van der Waals surface area contributed by atoms with Crippen LogP contribution in [0.3, 0.4) is 0 Å².